The Hall–Kier alpha value is -0.910. The van der Waals surface area contributed by atoms with E-state index in [1.165, 1.54) is 0 Å². The van der Waals surface area contributed by atoms with Crippen molar-refractivity contribution in [2.75, 3.05) is 32.7 Å². The van der Waals surface area contributed by atoms with Crippen molar-refractivity contribution in [1.82, 2.24) is 9.21 Å². The van der Waals surface area contributed by atoms with Crippen LogP contribution in [-0.2, 0) is 10.0 Å². The molecule has 0 amide bonds. The number of nitrogens with zero attached hydrogens (tertiary/aromatic N) is 2. The number of rotatable bonds is 3. The molecule has 1 aromatic rings. The van der Waals surface area contributed by atoms with Crippen molar-refractivity contribution in [2.24, 2.45) is 17.3 Å². The first-order valence-corrected chi connectivity index (χ1v) is 9.47. The zero-order valence-corrected chi connectivity index (χ0v) is 14.5. The topological polar surface area (TPSA) is 40.6 Å². The fourth-order valence-electron chi connectivity index (χ4n) is 3.78. The van der Waals surface area contributed by atoms with Crippen LogP contribution in [0.3, 0.4) is 0 Å². The van der Waals surface area contributed by atoms with E-state index in [1.807, 2.05) is 6.07 Å². The second-order valence-corrected chi connectivity index (χ2v) is 9.85. The highest BCUT2D eigenvalue weighted by molar-refractivity contribution is 7.89. The first-order valence-electron chi connectivity index (χ1n) is 8.03. The molecule has 0 aromatic heterocycles. The van der Waals surface area contributed by atoms with Gasteiger partial charge in [0.2, 0.25) is 10.0 Å². The summed E-state index contributed by atoms with van der Waals surface area (Å²) in [6.07, 6.45) is 0. The van der Waals surface area contributed by atoms with Gasteiger partial charge in [-0.15, -0.1) is 0 Å². The first kappa shape index (κ1) is 16.0. The van der Waals surface area contributed by atoms with Crippen LogP contribution in [-0.4, -0.2) is 50.3 Å². The summed E-state index contributed by atoms with van der Waals surface area (Å²) in [4.78, 5) is 2.92. The van der Waals surface area contributed by atoms with Gasteiger partial charge in [0, 0.05) is 32.7 Å². The minimum absolute atomic E-state index is 0.300. The Kier molecular flexibility index (Phi) is 4.08. The van der Waals surface area contributed by atoms with Crippen molar-refractivity contribution in [3.8, 4) is 0 Å². The summed E-state index contributed by atoms with van der Waals surface area (Å²) in [6, 6.07) is 8.80. The maximum atomic E-state index is 12.7. The summed E-state index contributed by atoms with van der Waals surface area (Å²) in [5.41, 5.74) is 0.300. The number of likely N-dealkylation sites (tertiary alicyclic amines) is 1. The predicted octanol–water partition coefficient (Wildman–Crippen LogP) is 2.29. The molecular formula is C17H26N2O2S. The molecule has 22 heavy (non-hydrogen) atoms. The van der Waals surface area contributed by atoms with Gasteiger partial charge in [0.15, 0.2) is 0 Å². The Bertz CT molecular complexity index is 608. The Labute approximate surface area is 134 Å². The molecule has 2 saturated heterocycles. The first-order chi connectivity index (χ1) is 10.3. The van der Waals surface area contributed by atoms with Gasteiger partial charge in [0.05, 0.1) is 4.90 Å². The molecule has 0 spiro atoms. The summed E-state index contributed by atoms with van der Waals surface area (Å²) in [6.45, 7) is 11.3. The van der Waals surface area contributed by atoms with Crippen LogP contribution < -0.4 is 0 Å². The maximum absolute atomic E-state index is 12.7. The fraction of sp³-hybridized carbons (Fsp3) is 0.647. The molecule has 2 aliphatic heterocycles. The zero-order chi connectivity index (χ0) is 16.0. The van der Waals surface area contributed by atoms with Gasteiger partial charge < -0.3 is 4.90 Å². The van der Waals surface area contributed by atoms with E-state index in [0.29, 0.717) is 35.2 Å². The lowest BCUT2D eigenvalue weighted by Gasteiger charge is -2.27. The molecular weight excluding hydrogens is 296 g/mol. The molecule has 3 rings (SSSR count). The molecule has 122 valence electrons. The summed E-state index contributed by atoms with van der Waals surface area (Å²) >= 11 is 0. The van der Waals surface area contributed by atoms with Crippen LogP contribution >= 0.6 is 0 Å². The van der Waals surface area contributed by atoms with Crippen LogP contribution in [0.4, 0.5) is 0 Å². The number of fused-ring (bicyclic) bond motifs is 1. The van der Waals surface area contributed by atoms with E-state index in [0.717, 1.165) is 19.6 Å². The standard InChI is InChI=1S/C17H26N2O2S/c1-17(2,3)13-18-9-14-11-19(12-15(14)10-18)22(20,21)16-7-5-4-6-8-16/h4-8,14-15H,9-13H2,1-3H3/t14-,15-/m0/s1. The Balaban J connectivity index is 1.66. The van der Waals surface area contributed by atoms with Gasteiger partial charge in [-0.1, -0.05) is 39.0 Å². The molecule has 0 aliphatic carbocycles. The molecule has 2 atom stereocenters. The van der Waals surface area contributed by atoms with E-state index in [-0.39, 0.29) is 0 Å². The largest absolute Gasteiger partial charge is 0.302 e. The third-order valence-corrected chi connectivity index (χ3v) is 6.45. The van der Waals surface area contributed by atoms with Crippen molar-refractivity contribution in [2.45, 2.75) is 25.7 Å². The average Bonchev–Trinajstić information content (AvgIpc) is 2.96. The zero-order valence-electron chi connectivity index (χ0n) is 13.7. The van der Waals surface area contributed by atoms with E-state index in [1.54, 1.807) is 28.6 Å². The minimum atomic E-state index is -3.32. The SMILES string of the molecule is CC(C)(C)CN1C[C@H]2CN(S(=O)(=O)c3ccccc3)C[C@@H]2C1. The van der Waals surface area contributed by atoms with Crippen LogP contribution in [0.1, 0.15) is 20.8 Å². The van der Waals surface area contributed by atoms with Gasteiger partial charge in [0.1, 0.15) is 0 Å². The van der Waals surface area contributed by atoms with Crippen molar-refractivity contribution >= 4 is 10.0 Å². The molecule has 2 fully saturated rings. The Morgan fingerprint density at radius 1 is 1.00 bits per heavy atom. The number of hydrogen-bond acceptors (Lipinski definition) is 3. The summed E-state index contributed by atoms with van der Waals surface area (Å²) < 4.78 is 27.1. The molecule has 0 radical (unpaired) electrons. The average molecular weight is 322 g/mol. The molecule has 5 heteroatoms. The normalized spacial score (nSPS) is 27.2. The number of sulfonamides is 1. The predicted molar refractivity (Wildman–Crippen MR) is 88.1 cm³/mol. The summed E-state index contributed by atoms with van der Waals surface area (Å²) in [5.74, 6) is 0.974. The quantitative estimate of drug-likeness (QED) is 0.857. The van der Waals surface area contributed by atoms with Crippen molar-refractivity contribution in [3.05, 3.63) is 30.3 Å². The van der Waals surface area contributed by atoms with E-state index >= 15 is 0 Å². The van der Waals surface area contributed by atoms with Crippen molar-refractivity contribution < 1.29 is 8.42 Å². The van der Waals surface area contributed by atoms with Crippen LogP contribution in [0.5, 0.6) is 0 Å². The van der Waals surface area contributed by atoms with E-state index in [4.69, 9.17) is 0 Å². The monoisotopic (exact) mass is 322 g/mol. The molecule has 4 nitrogen and oxygen atoms in total. The molecule has 1 aromatic carbocycles. The van der Waals surface area contributed by atoms with Crippen LogP contribution in [0, 0.1) is 17.3 Å². The van der Waals surface area contributed by atoms with Crippen LogP contribution in [0.25, 0.3) is 0 Å². The molecule has 0 unspecified atom stereocenters. The third-order valence-electron chi connectivity index (χ3n) is 4.61. The summed E-state index contributed by atoms with van der Waals surface area (Å²) in [7, 11) is -3.32. The second-order valence-electron chi connectivity index (χ2n) is 7.91. The van der Waals surface area contributed by atoms with Crippen LogP contribution in [0.15, 0.2) is 35.2 Å². The lowest BCUT2D eigenvalue weighted by Crippen LogP contribution is -2.36. The second kappa shape index (κ2) is 5.62. The van der Waals surface area contributed by atoms with Crippen molar-refractivity contribution in [1.29, 1.82) is 0 Å². The fourth-order valence-corrected chi connectivity index (χ4v) is 5.36. The molecule has 0 bridgehead atoms. The molecule has 0 saturated carbocycles. The van der Waals surface area contributed by atoms with E-state index < -0.39 is 10.0 Å². The highest BCUT2D eigenvalue weighted by atomic mass is 32.2. The lowest BCUT2D eigenvalue weighted by atomic mass is 9.96. The number of hydrogen-bond donors (Lipinski definition) is 0. The maximum Gasteiger partial charge on any atom is 0.243 e. The summed E-state index contributed by atoms with van der Waals surface area (Å²) in [5, 5.41) is 0. The van der Waals surface area contributed by atoms with Gasteiger partial charge in [-0.05, 0) is 29.4 Å². The van der Waals surface area contributed by atoms with Gasteiger partial charge in [-0.3, -0.25) is 0 Å². The van der Waals surface area contributed by atoms with Gasteiger partial charge in [-0.2, -0.15) is 4.31 Å². The lowest BCUT2D eigenvalue weighted by molar-refractivity contribution is 0.209. The highest BCUT2D eigenvalue weighted by Gasteiger charge is 2.44. The third kappa shape index (κ3) is 3.21. The molecule has 2 heterocycles. The van der Waals surface area contributed by atoms with Gasteiger partial charge >= 0.3 is 0 Å². The van der Waals surface area contributed by atoms with Gasteiger partial charge in [0.25, 0.3) is 0 Å². The minimum Gasteiger partial charge on any atom is -0.302 e. The highest BCUT2D eigenvalue weighted by Crippen LogP contribution is 2.35. The van der Waals surface area contributed by atoms with E-state index in [2.05, 4.69) is 25.7 Å². The molecule has 0 N–H and O–H groups in total. The smallest absolute Gasteiger partial charge is 0.243 e. The Morgan fingerprint density at radius 2 is 1.55 bits per heavy atom. The van der Waals surface area contributed by atoms with Crippen LogP contribution in [0.2, 0.25) is 0 Å². The number of benzene rings is 1. The van der Waals surface area contributed by atoms with Gasteiger partial charge in [-0.25, -0.2) is 8.42 Å². The van der Waals surface area contributed by atoms with E-state index in [9.17, 15) is 8.42 Å². The molecule has 2 aliphatic rings. The van der Waals surface area contributed by atoms with Crippen molar-refractivity contribution in [3.63, 3.8) is 0 Å². The Morgan fingerprint density at radius 3 is 2.05 bits per heavy atom.